The number of hydrogen-bond donors (Lipinski definition) is 1. The molecule has 0 spiro atoms. The van der Waals surface area contributed by atoms with E-state index in [0.717, 1.165) is 5.69 Å². The van der Waals surface area contributed by atoms with Crippen molar-refractivity contribution in [2.75, 3.05) is 5.73 Å². The summed E-state index contributed by atoms with van der Waals surface area (Å²) in [5.41, 5.74) is 7.94. The Morgan fingerprint density at radius 2 is 2.18 bits per heavy atom. The summed E-state index contributed by atoms with van der Waals surface area (Å²) in [4.78, 5) is 0. The van der Waals surface area contributed by atoms with Crippen LogP contribution in [0.1, 0.15) is 5.56 Å². The molecule has 0 saturated carbocycles. The van der Waals surface area contributed by atoms with Gasteiger partial charge in [0.15, 0.2) is 0 Å². The molecule has 2 rings (SSSR count). The van der Waals surface area contributed by atoms with Gasteiger partial charge in [-0.3, -0.25) is 0 Å². The topological polar surface area (TPSA) is 26.0 Å². The minimum absolute atomic E-state index is 0.898. The van der Waals surface area contributed by atoms with Gasteiger partial charge in [0.2, 0.25) is 0 Å². The molecule has 0 aliphatic heterocycles. The van der Waals surface area contributed by atoms with Gasteiger partial charge in [-0.05, 0) is 35.4 Å². The monoisotopic (exact) mass is 163 g/mol. The van der Waals surface area contributed by atoms with Crippen LogP contribution >= 0.6 is 11.3 Å². The Morgan fingerprint density at radius 1 is 1.36 bits per heavy atom. The van der Waals surface area contributed by atoms with Gasteiger partial charge in [-0.15, -0.1) is 11.3 Å². The van der Waals surface area contributed by atoms with Crippen molar-refractivity contribution in [2.45, 2.75) is 6.92 Å². The number of fused-ring (bicyclic) bond motifs is 1. The molecule has 11 heavy (non-hydrogen) atoms. The van der Waals surface area contributed by atoms with E-state index in [2.05, 4.69) is 24.4 Å². The Balaban J connectivity index is 2.91. The fourth-order valence-electron chi connectivity index (χ4n) is 1.27. The number of rotatable bonds is 0. The lowest BCUT2D eigenvalue weighted by atomic mass is 10.2. The zero-order chi connectivity index (χ0) is 7.84. The van der Waals surface area contributed by atoms with Crippen LogP contribution in [0.2, 0.25) is 0 Å². The smallest absolute Gasteiger partial charge is 0.0572 e. The van der Waals surface area contributed by atoms with Crippen LogP contribution in [0.5, 0.6) is 0 Å². The third-order valence-corrected chi connectivity index (χ3v) is 2.70. The molecule has 56 valence electrons. The van der Waals surface area contributed by atoms with Crippen LogP contribution in [-0.2, 0) is 0 Å². The number of nitrogen functional groups attached to an aromatic ring is 1. The Bertz CT molecular complexity index is 389. The fraction of sp³-hybridized carbons (Fsp3) is 0.111. The number of aryl methyl sites for hydroxylation is 1. The summed E-state index contributed by atoms with van der Waals surface area (Å²) < 4.78 is 1.20. The zero-order valence-electron chi connectivity index (χ0n) is 6.29. The number of thiophene rings is 1. The van der Waals surface area contributed by atoms with E-state index in [-0.39, 0.29) is 0 Å². The predicted molar refractivity (Wildman–Crippen MR) is 51.0 cm³/mol. The molecule has 0 aliphatic carbocycles. The van der Waals surface area contributed by atoms with Crippen molar-refractivity contribution in [3.8, 4) is 0 Å². The highest BCUT2D eigenvalue weighted by Gasteiger charge is 1.98. The molecule has 2 heteroatoms. The van der Waals surface area contributed by atoms with Crippen molar-refractivity contribution in [1.82, 2.24) is 0 Å². The molecule has 0 bridgehead atoms. The molecular weight excluding hydrogens is 154 g/mol. The molecule has 0 aliphatic rings. The van der Waals surface area contributed by atoms with E-state index >= 15 is 0 Å². The molecule has 0 amide bonds. The van der Waals surface area contributed by atoms with E-state index in [9.17, 15) is 0 Å². The Hall–Kier alpha value is -1.02. The van der Waals surface area contributed by atoms with E-state index in [1.807, 2.05) is 6.07 Å². The molecule has 0 fully saturated rings. The second-order valence-corrected chi connectivity index (χ2v) is 3.61. The van der Waals surface area contributed by atoms with Crippen LogP contribution < -0.4 is 5.73 Å². The van der Waals surface area contributed by atoms with E-state index in [0.29, 0.717) is 0 Å². The maximum absolute atomic E-state index is 5.81. The average Bonchev–Trinajstić information content (AvgIpc) is 2.34. The highest BCUT2D eigenvalue weighted by Crippen LogP contribution is 2.27. The first-order chi connectivity index (χ1) is 5.27. The van der Waals surface area contributed by atoms with Crippen LogP contribution in [0.15, 0.2) is 23.6 Å². The molecule has 1 aromatic carbocycles. The van der Waals surface area contributed by atoms with E-state index in [1.165, 1.54) is 15.6 Å². The van der Waals surface area contributed by atoms with Gasteiger partial charge in [-0.1, -0.05) is 6.07 Å². The minimum atomic E-state index is 0.898. The molecule has 2 N–H and O–H groups in total. The maximum Gasteiger partial charge on any atom is 0.0572 e. The minimum Gasteiger partial charge on any atom is -0.398 e. The van der Waals surface area contributed by atoms with Crippen molar-refractivity contribution >= 4 is 27.1 Å². The molecule has 1 heterocycles. The lowest BCUT2D eigenvalue weighted by Gasteiger charge is -1.97. The van der Waals surface area contributed by atoms with Crippen molar-refractivity contribution in [3.05, 3.63) is 29.1 Å². The zero-order valence-corrected chi connectivity index (χ0v) is 7.11. The second-order valence-electron chi connectivity index (χ2n) is 2.69. The van der Waals surface area contributed by atoms with Gasteiger partial charge in [-0.25, -0.2) is 0 Å². The van der Waals surface area contributed by atoms with Crippen LogP contribution in [0.25, 0.3) is 10.1 Å². The number of hydrogen-bond acceptors (Lipinski definition) is 2. The number of nitrogens with two attached hydrogens (primary N) is 1. The van der Waals surface area contributed by atoms with Gasteiger partial charge >= 0.3 is 0 Å². The van der Waals surface area contributed by atoms with Crippen molar-refractivity contribution in [3.63, 3.8) is 0 Å². The Kier molecular flexibility index (Phi) is 1.36. The maximum atomic E-state index is 5.81. The van der Waals surface area contributed by atoms with Gasteiger partial charge in [0, 0.05) is 5.69 Å². The van der Waals surface area contributed by atoms with Crippen LogP contribution in [0.4, 0.5) is 5.69 Å². The van der Waals surface area contributed by atoms with Gasteiger partial charge in [-0.2, -0.15) is 0 Å². The quantitative estimate of drug-likeness (QED) is 0.594. The third kappa shape index (κ3) is 0.994. The molecule has 0 saturated heterocycles. The lowest BCUT2D eigenvalue weighted by molar-refractivity contribution is 1.51. The first-order valence-electron chi connectivity index (χ1n) is 3.51. The van der Waals surface area contributed by atoms with Gasteiger partial charge < -0.3 is 5.73 Å². The molecule has 0 atom stereocenters. The number of anilines is 1. The van der Waals surface area contributed by atoms with Crippen molar-refractivity contribution < 1.29 is 0 Å². The van der Waals surface area contributed by atoms with E-state index in [1.54, 1.807) is 11.3 Å². The van der Waals surface area contributed by atoms with Crippen LogP contribution in [0.3, 0.4) is 0 Å². The van der Waals surface area contributed by atoms with Crippen molar-refractivity contribution in [2.24, 2.45) is 0 Å². The SMILES string of the molecule is Cc1cc(N)c2sccc2c1. The Labute approximate surface area is 69.5 Å². The normalized spacial score (nSPS) is 10.6. The summed E-state index contributed by atoms with van der Waals surface area (Å²) in [5.74, 6) is 0. The summed E-state index contributed by atoms with van der Waals surface area (Å²) >= 11 is 1.70. The molecule has 0 radical (unpaired) electrons. The van der Waals surface area contributed by atoms with E-state index < -0.39 is 0 Å². The summed E-state index contributed by atoms with van der Waals surface area (Å²) in [7, 11) is 0. The molecular formula is C9H9NS. The summed E-state index contributed by atoms with van der Waals surface area (Å²) in [6.45, 7) is 2.06. The number of benzene rings is 1. The first kappa shape index (κ1) is 6.68. The Morgan fingerprint density at radius 3 is 3.00 bits per heavy atom. The summed E-state index contributed by atoms with van der Waals surface area (Å²) in [6, 6.07) is 6.27. The third-order valence-electron chi connectivity index (χ3n) is 1.72. The van der Waals surface area contributed by atoms with Gasteiger partial charge in [0.1, 0.15) is 0 Å². The fourth-order valence-corrected chi connectivity index (χ4v) is 2.07. The lowest BCUT2D eigenvalue weighted by Crippen LogP contribution is -1.84. The molecule has 0 unspecified atom stereocenters. The second kappa shape index (κ2) is 2.24. The molecule has 1 aromatic heterocycles. The predicted octanol–water partition coefficient (Wildman–Crippen LogP) is 2.79. The van der Waals surface area contributed by atoms with Gasteiger partial charge in [0.05, 0.1) is 4.70 Å². The highest BCUT2D eigenvalue weighted by molar-refractivity contribution is 7.17. The van der Waals surface area contributed by atoms with Crippen LogP contribution in [0, 0.1) is 6.92 Å². The standard InChI is InChI=1S/C9H9NS/c1-6-4-7-2-3-11-9(7)8(10)5-6/h2-5H,10H2,1H3. The summed E-state index contributed by atoms with van der Waals surface area (Å²) in [6.07, 6.45) is 0. The molecule has 1 nitrogen and oxygen atoms in total. The molecule has 2 aromatic rings. The van der Waals surface area contributed by atoms with Crippen LogP contribution in [-0.4, -0.2) is 0 Å². The highest BCUT2D eigenvalue weighted by atomic mass is 32.1. The van der Waals surface area contributed by atoms with E-state index in [4.69, 9.17) is 5.73 Å². The largest absolute Gasteiger partial charge is 0.398 e. The first-order valence-corrected chi connectivity index (χ1v) is 4.38. The summed E-state index contributed by atoms with van der Waals surface area (Å²) in [5, 5.41) is 3.33. The van der Waals surface area contributed by atoms with Crippen molar-refractivity contribution in [1.29, 1.82) is 0 Å². The average molecular weight is 163 g/mol. The van der Waals surface area contributed by atoms with Gasteiger partial charge in [0.25, 0.3) is 0 Å².